The molecule has 0 aromatic heterocycles. The largest absolute Gasteiger partial charge is 0.376 e. The average molecular weight is 821 g/mol. The highest BCUT2D eigenvalue weighted by molar-refractivity contribution is 7.99. The van der Waals surface area contributed by atoms with Gasteiger partial charge in [-0.25, -0.2) is 13.1 Å². The number of nitrogens with one attached hydrogen (secondary N) is 2. The molecule has 5 aromatic rings. The second-order valence-corrected chi connectivity index (χ2v) is 17.3. The molecule has 6 rings (SSSR count). The molecule has 302 valence electrons. The summed E-state index contributed by atoms with van der Waals surface area (Å²) in [5.74, 6) is -0.230. The SMILES string of the molecule is CN(C)CCC(CSc1ccccc1)Nc1ccc(S(=O)(=O)NC(=O)c2ccc(N3CCC(N(Cc4ccccc4)C(=O)c4ccccc4)CC3)cc2)cc1[N+](=O)[O-]. The van der Waals surface area contributed by atoms with Crippen LogP contribution in [0, 0.1) is 10.1 Å². The number of carbonyl (C=O) groups is 2. The number of rotatable bonds is 17. The third-order valence-electron chi connectivity index (χ3n) is 10.1. The minimum atomic E-state index is -4.46. The number of carbonyl (C=O) groups excluding carboxylic acids is 2. The standard InChI is InChI=1S/C44H48N6O6S2/c1-47(2)27-24-36(32-57-39-16-10-5-11-17-39)45-41-23-22-40(30-42(41)50(53)54)58(55,56)46-43(51)34-18-20-37(21-19-34)48-28-25-38(26-29-48)49(31-33-12-6-3-7-13-33)44(52)35-14-8-4-9-15-35/h3-23,30,36,38,45H,24-29,31-32H2,1-2H3,(H,46,51). The number of benzene rings is 5. The van der Waals surface area contributed by atoms with Crippen LogP contribution in [0.3, 0.4) is 0 Å². The van der Waals surface area contributed by atoms with Gasteiger partial charge >= 0.3 is 0 Å². The Morgan fingerprint density at radius 3 is 2.09 bits per heavy atom. The van der Waals surface area contributed by atoms with E-state index in [-0.39, 0.29) is 29.2 Å². The van der Waals surface area contributed by atoms with Crippen molar-refractivity contribution in [3.05, 3.63) is 160 Å². The fourth-order valence-electron chi connectivity index (χ4n) is 6.89. The van der Waals surface area contributed by atoms with E-state index < -0.39 is 31.4 Å². The van der Waals surface area contributed by atoms with Crippen molar-refractivity contribution >= 4 is 50.7 Å². The lowest BCUT2D eigenvalue weighted by atomic mass is 10.00. The van der Waals surface area contributed by atoms with Crippen LogP contribution in [0.25, 0.3) is 0 Å². The van der Waals surface area contributed by atoms with Gasteiger partial charge in [0.15, 0.2) is 0 Å². The van der Waals surface area contributed by atoms with Gasteiger partial charge < -0.3 is 20.0 Å². The minimum absolute atomic E-state index is 0.00611. The number of nitrogens with zero attached hydrogens (tertiary/aromatic N) is 4. The molecule has 1 fully saturated rings. The van der Waals surface area contributed by atoms with Gasteiger partial charge in [0.25, 0.3) is 27.5 Å². The van der Waals surface area contributed by atoms with Crippen LogP contribution >= 0.6 is 11.8 Å². The molecule has 1 atom stereocenters. The fourth-order valence-corrected chi connectivity index (χ4v) is 8.88. The van der Waals surface area contributed by atoms with Crippen molar-refractivity contribution in [2.24, 2.45) is 0 Å². The molecule has 1 saturated heterocycles. The quantitative estimate of drug-likeness (QED) is 0.0548. The predicted octanol–water partition coefficient (Wildman–Crippen LogP) is 7.55. The lowest BCUT2D eigenvalue weighted by molar-refractivity contribution is -0.384. The molecule has 0 bridgehead atoms. The summed E-state index contributed by atoms with van der Waals surface area (Å²) in [4.78, 5) is 45.3. The number of hydrogen-bond donors (Lipinski definition) is 2. The van der Waals surface area contributed by atoms with Crippen LogP contribution in [0.4, 0.5) is 17.1 Å². The maximum atomic E-state index is 13.7. The number of amides is 2. The maximum absolute atomic E-state index is 13.7. The monoisotopic (exact) mass is 820 g/mol. The number of nitro groups is 1. The number of anilines is 2. The zero-order chi connectivity index (χ0) is 41.1. The molecule has 0 saturated carbocycles. The summed E-state index contributed by atoms with van der Waals surface area (Å²) in [6.45, 7) is 2.62. The Morgan fingerprint density at radius 1 is 0.845 bits per heavy atom. The predicted molar refractivity (Wildman–Crippen MR) is 230 cm³/mol. The Balaban J connectivity index is 1.08. The van der Waals surface area contributed by atoms with Crippen LogP contribution in [0.1, 0.15) is 45.5 Å². The Hall–Kier alpha value is -5.70. The highest BCUT2D eigenvalue weighted by Crippen LogP contribution is 2.31. The molecule has 2 amide bonds. The lowest BCUT2D eigenvalue weighted by Gasteiger charge is -2.39. The third-order valence-corrected chi connectivity index (χ3v) is 12.6. The van der Waals surface area contributed by atoms with Crippen molar-refractivity contribution in [1.82, 2.24) is 14.5 Å². The van der Waals surface area contributed by atoms with Crippen molar-refractivity contribution < 1.29 is 22.9 Å². The van der Waals surface area contributed by atoms with Crippen LogP contribution in [-0.4, -0.2) is 86.5 Å². The number of sulfonamides is 1. The van der Waals surface area contributed by atoms with E-state index in [2.05, 4.69) is 14.9 Å². The highest BCUT2D eigenvalue weighted by atomic mass is 32.2. The number of nitro benzene ring substituents is 1. The van der Waals surface area contributed by atoms with E-state index in [0.29, 0.717) is 37.4 Å². The van der Waals surface area contributed by atoms with Crippen LogP contribution in [0.15, 0.2) is 143 Å². The van der Waals surface area contributed by atoms with Gasteiger partial charge in [-0.2, -0.15) is 0 Å². The van der Waals surface area contributed by atoms with E-state index in [0.717, 1.165) is 41.6 Å². The smallest absolute Gasteiger partial charge is 0.293 e. The molecular formula is C44H48N6O6S2. The van der Waals surface area contributed by atoms with Gasteiger partial charge in [-0.3, -0.25) is 19.7 Å². The number of hydrogen-bond acceptors (Lipinski definition) is 10. The number of thioether (sulfide) groups is 1. The van der Waals surface area contributed by atoms with Crippen LogP contribution in [0.2, 0.25) is 0 Å². The van der Waals surface area contributed by atoms with Gasteiger partial charge in [0.05, 0.1) is 9.82 Å². The van der Waals surface area contributed by atoms with Crippen molar-refractivity contribution in [2.45, 2.75) is 47.7 Å². The first kappa shape index (κ1) is 41.9. The van der Waals surface area contributed by atoms with Crippen molar-refractivity contribution in [1.29, 1.82) is 0 Å². The number of piperidine rings is 1. The molecule has 12 nitrogen and oxygen atoms in total. The van der Waals surface area contributed by atoms with E-state index >= 15 is 0 Å². The summed E-state index contributed by atoms with van der Waals surface area (Å²) in [6.07, 6.45) is 2.19. The molecule has 1 heterocycles. The van der Waals surface area contributed by atoms with E-state index in [4.69, 9.17) is 0 Å². The first-order chi connectivity index (χ1) is 28.0. The molecule has 0 aliphatic carbocycles. The lowest BCUT2D eigenvalue weighted by Crippen LogP contribution is -2.47. The van der Waals surface area contributed by atoms with Crippen LogP contribution in [0.5, 0.6) is 0 Å². The molecule has 0 radical (unpaired) electrons. The van der Waals surface area contributed by atoms with Crippen molar-refractivity contribution in [2.75, 3.05) is 49.7 Å². The van der Waals surface area contributed by atoms with Gasteiger partial charge in [-0.15, -0.1) is 11.8 Å². The summed E-state index contributed by atoms with van der Waals surface area (Å²) in [7, 11) is -0.549. The van der Waals surface area contributed by atoms with Gasteiger partial charge in [-0.05, 0) is 106 Å². The maximum Gasteiger partial charge on any atom is 0.293 e. The molecule has 14 heteroatoms. The zero-order valence-electron chi connectivity index (χ0n) is 32.6. The fraction of sp³-hybridized carbons (Fsp3) is 0.273. The zero-order valence-corrected chi connectivity index (χ0v) is 34.2. The first-order valence-electron chi connectivity index (χ1n) is 19.2. The summed E-state index contributed by atoms with van der Waals surface area (Å²) >= 11 is 1.63. The second kappa shape index (κ2) is 19.6. The molecule has 0 spiro atoms. The van der Waals surface area contributed by atoms with Gasteiger partial charge in [-0.1, -0.05) is 66.7 Å². The van der Waals surface area contributed by atoms with Gasteiger partial charge in [0, 0.05) is 65.2 Å². The van der Waals surface area contributed by atoms with E-state index in [9.17, 15) is 28.1 Å². The molecular weight excluding hydrogens is 773 g/mol. The molecule has 1 aliphatic rings. The first-order valence-corrected chi connectivity index (χ1v) is 21.6. The van der Waals surface area contributed by atoms with E-state index in [1.165, 1.54) is 12.1 Å². The Kier molecular flexibility index (Phi) is 14.2. The molecule has 5 aromatic carbocycles. The van der Waals surface area contributed by atoms with Gasteiger partial charge in [0.1, 0.15) is 5.69 Å². The van der Waals surface area contributed by atoms with Crippen molar-refractivity contribution in [3.8, 4) is 0 Å². The Labute approximate surface area is 344 Å². The second-order valence-electron chi connectivity index (χ2n) is 14.5. The van der Waals surface area contributed by atoms with Crippen LogP contribution < -0.4 is 14.9 Å². The topological polar surface area (TPSA) is 145 Å². The summed E-state index contributed by atoms with van der Waals surface area (Å²) in [5.41, 5.74) is 2.49. The average Bonchev–Trinajstić information content (AvgIpc) is 3.24. The Bertz CT molecular complexity index is 2260. The summed E-state index contributed by atoms with van der Waals surface area (Å²) < 4.78 is 28.9. The van der Waals surface area contributed by atoms with Crippen LogP contribution in [-0.2, 0) is 16.6 Å². The van der Waals surface area contributed by atoms with Crippen molar-refractivity contribution in [3.63, 3.8) is 0 Å². The highest BCUT2D eigenvalue weighted by Gasteiger charge is 2.30. The molecule has 1 aliphatic heterocycles. The summed E-state index contributed by atoms with van der Waals surface area (Å²) in [5, 5.41) is 15.5. The summed E-state index contributed by atoms with van der Waals surface area (Å²) in [6, 6.07) is 39.3. The Morgan fingerprint density at radius 2 is 1.47 bits per heavy atom. The molecule has 2 N–H and O–H groups in total. The van der Waals surface area contributed by atoms with E-state index in [1.54, 1.807) is 36.0 Å². The van der Waals surface area contributed by atoms with E-state index in [1.807, 2.05) is 115 Å². The van der Waals surface area contributed by atoms with Gasteiger partial charge in [0.2, 0.25) is 0 Å². The normalized spacial score (nSPS) is 13.8. The molecule has 58 heavy (non-hydrogen) atoms. The molecule has 1 unspecified atom stereocenters. The minimum Gasteiger partial charge on any atom is -0.376 e. The third kappa shape index (κ3) is 11.2.